The summed E-state index contributed by atoms with van der Waals surface area (Å²) in [5.41, 5.74) is 2.82. The van der Waals surface area contributed by atoms with Crippen LogP contribution in [-0.4, -0.2) is 4.98 Å². The molecule has 2 heteroatoms. The van der Waals surface area contributed by atoms with E-state index in [2.05, 4.69) is 49.3 Å². The van der Waals surface area contributed by atoms with Gasteiger partial charge in [0, 0.05) is 6.20 Å². The van der Waals surface area contributed by atoms with Gasteiger partial charge in [0.05, 0.1) is 10.6 Å². The topological polar surface area (TPSA) is 12.9 Å². The number of thiophene rings is 1. The van der Waals surface area contributed by atoms with Gasteiger partial charge in [-0.2, -0.15) is 0 Å². The Kier molecular flexibility index (Phi) is 3.63. The Morgan fingerprint density at radius 3 is 2.53 bits per heavy atom. The summed E-state index contributed by atoms with van der Waals surface area (Å²) in [4.78, 5) is 5.80. The molecule has 0 saturated carbocycles. The van der Waals surface area contributed by atoms with E-state index in [0.717, 1.165) is 5.69 Å². The summed E-state index contributed by atoms with van der Waals surface area (Å²) in [5.74, 6) is 0. The van der Waals surface area contributed by atoms with Gasteiger partial charge in [-0.25, -0.2) is 0 Å². The summed E-state index contributed by atoms with van der Waals surface area (Å²) in [7, 11) is 0. The van der Waals surface area contributed by atoms with Crippen molar-refractivity contribution in [3.05, 3.63) is 41.4 Å². The van der Waals surface area contributed by atoms with Crippen molar-refractivity contribution in [2.45, 2.75) is 39.0 Å². The monoisotopic (exact) mass is 245 g/mol. The van der Waals surface area contributed by atoms with Crippen LogP contribution < -0.4 is 0 Å². The number of hydrogen-bond acceptors (Lipinski definition) is 2. The van der Waals surface area contributed by atoms with Crippen LogP contribution in [0.15, 0.2) is 35.8 Å². The van der Waals surface area contributed by atoms with Crippen LogP contribution in [0.25, 0.3) is 10.6 Å². The zero-order chi connectivity index (χ0) is 12.3. The summed E-state index contributed by atoms with van der Waals surface area (Å²) < 4.78 is 0. The lowest BCUT2D eigenvalue weighted by Gasteiger charge is -2.27. The summed E-state index contributed by atoms with van der Waals surface area (Å²) in [6.07, 6.45) is 4.20. The lowest BCUT2D eigenvalue weighted by atomic mass is 9.78. The fourth-order valence-electron chi connectivity index (χ4n) is 2.11. The van der Waals surface area contributed by atoms with Crippen LogP contribution in [0.2, 0.25) is 0 Å². The molecule has 0 N–H and O–H groups in total. The molecule has 90 valence electrons. The van der Waals surface area contributed by atoms with Gasteiger partial charge in [-0.05, 0) is 47.4 Å². The molecule has 0 aliphatic heterocycles. The molecular weight excluding hydrogens is 226 g/mol. The predicted octanol–water partition coefficient (Wildman–Crippen LogP) is 4.89. The van der Waals surface area contributed by atoms with E-state index in [0.29, 0.717) is 0 Å². The fourth-order valence-corrected chi connectivity index (χ4v) is 3.13. The highest BCUT2D eigenvalue weighted by Crippen LogP contribution is 2.40. The first-order valence-electron chi connectivity index (χ1n) is 6.20. The molecule has 0 unspecified atom stereocenters. The van der Waals surface area contributed by atoms with E-state index in [1.807, 2.05) is 12.3 Å². The number of pyridine rings is 1. The van der Waals surface area contributed by atoms with Crippen LogP contribution in [-0.2, 0) is 5.41 Å². The Morgan fingerprint density at radius 1 is 1.18 bits per heavy atom. The second-order valence-electron chi connectivity index (χ2n) is 4.65. The number of aromatic nitrogens is 1. The van der Waals surface area contributed by atoms with E-state index in [-0.39, 0.29) is 5.41 Å². The van der Waals surface area contributed by atoms with Crippen LogP contribution in [0.3, 0.4) is 0 Å². The highest BCUT2D eigenvalue weighted by atomic mass is 32.1. The standard InChI is InChI=1S/C15H19NS/c1-4-15(3,5-2)12-9-11-17-14(12)13-8-6-7-10-16-13/h6-11H,4-5H2,1-3H3. The third-order valence-corrected chi connectivity index (χ3v) is 4.71. The first-order valence-corrected chi connectivity index (χ1v) is 7.08. The molecule has 0 aromatic carbocycles. The highest BCUT2D eigenvalue weighted by molar-refractivity contribution is 7.13. The zero-order valence-corrected chi connectivity index (χ0v) is 11.6. The molecule has 0 atom stereocenters. The van der Waals surface area contributed by atoms with Crippen LogP contribution in [0.1, 0.15) is 39.2 Å². The van der Waals surface area contributed by atoms with Crippen molar-refractivity contribution < 1.29 is 0 Å². The molecule has 0 fully saturated rings. The van der Waals surface area contributed by atoms with E-state index in [4.69, 9.17) is 0 Å². The average molecular weight is 245 g/mol. The zero-order valence-electron chi connectivity index (χ0n) is 10.7. The van der Waals surface area contributed by atoms with Crippen LogP contribution in [0.5, 0.6) is 0 Å². The SMILES string of the molecule is CCC(C)(CC)c1ccsc1-c1ccccn1. The van der Waals surface area contributed by atoms with Gasteiger partial charge in [0.15, 0.2) is 0 Å². The Balaban J connectivity index is 2.49. The molecule has 2 aromatic heterocycles. The quantitative estimate of drug-likeness (QED) is 0.747. The second kappa shape index (κ2) is 5.01. The van der Waals surface area contributed by atoms with Crippen molar-refractivity contribution in [3.8, 4) is 10.6 Å². The maximum absolute atomic E-state index is 4.47. The molecule has 0 bridgehead atoms. The maximum atomic E-state index is 4.47. The van der Waals surface area contributed by atoms with Crippen molar-refractivity contribution in [3.63, 3.8) is 0 Å². The number of rotatable bonds is 4. The molecular formula is C15H19NS. The molecule has 1 nitrogen and oxygen atoms in total. The van der Waals surface area contributed by atoms with Crippen molar-refractivity contribution in [1.82, 2.24) is 4.98 Å². The maximum Gasteiger partial charge on any atom is 0.0804 e. The largest absolute Gasteiger partial charge is 0.255 e. The van der Waals surface area contributed by atoms with Gasteiger partial charge in [-0.15, -0.1) is 11.3 Å². The molecule has 0 aliphatic rings. The Bertz CT molecular complexity index is 469. The van der Waals surface area contributed by atoms with E-state index < -0.39 is 0 Å². The minimum absolute atomic E-state index is 0.271. The molecule has 0 saturated heterocycles. The molecule has 0 amide bonds. The molecule has 0 radical (unpaired) electrons. The minimum atomic E-state index is 0.271. The van der Waals surface area contributed by atoms with Crippen LogP contribution in [0, 0.1) is 0 Å². The summed E-state index contributed by atoms with van der Waals surface area (Å²) in [6, 6.07) is 8.39. The van der Waals surface area contributed by atoms with Crippen LogP contribution >= 0.6 is 11.3 Å². The normalized spacial score (nSPS) is 11.7. The molecule has 0 aliphatic carbocycles. The van der Waals surface area contributed by atoms with Gasteiger partial charge in [0.2, 0.25) is 0 Å². The molecule has 2 heterocycles. The van der Waals surface area contributed by atoms with E-state index in [9.17, 15) is 0 Å². The first kappa shape index (κ1) is 12.3. The summed E-state index contributed by atoms with van der Waals surface area (Å²) >= 11 is 1.80. The molecule has 0 spiro atoms. The Hall–Kier alpha value is -1.15. The van der Waals surface area contributed by atoms with Crippen LogP contribution in [0.4, 0.5) is 0 Å². The Labute approximate surface area is 108 Å². The van der Waals surface area contributed by atoms with Gasteiger partial charge >= 0.3 is 0 Å². The number of nitrogens with zero attached hydrogens (tertiary/aromatic N) is 1. The highest BCUT2D eigenvalue weighted by Gasteiger charge is 2.26. The lowest BCUT2D eigenvalue weighted by molar-refractivity contribution is 0.441. The van der Waals surface area contributed by atoms with E-state index >= 15 is 0 Å². The van der Waals surface area contributed by atoms with Gasteiger partial charge < -0.3 is 0 Å². The van der Waals surface area contributed by atoms with E-state index in [1.54, 1.807) is 11.3 Å². The molecule has 2 aromatic rings. The summed E-state index contributed by atoms with van der Waals surface area (Å²) in [6.45, 7) is 6.88. The molecule has 2 rings (SSSR count). The van der Waals surface area contributed by atoms with Gasteiger partial charge in [-0.1, -0.05) is 26.8 Å². The molecule has 17 heavy (non-hydrogen) atoms. The lowest BCUT2D eigenvalue weighted by Crippen LogP contribution is -2.19. The van der Waals surface area contributed by atoms with E-state index in [1.165, 1.54) is 23.3 Å². The van der Waals surface area contributed by atoms with Crippen molar-refractivity contribution in [1.29, 1.82) is 0 Å². The van der Waals surface area contributed by atoms with Crippen molar-refractivity contribution in [2.75, 3.05) is 0 Å². The second-order valence-corrected chi connectivity index (χ2v) is 5.56. The van der Waals surface area contributed by atoms with Crippen molar-refractivity contribution >= 4 is 11.3 Å². The van der Waals surface area contributed by atoms with Gasteiger partial charge in [0.1, 0.15) is 0 Å². The fraction of sp³-hybridized carbons (Fsp3) is 0.400. The number of hydrogen-bond donors (Lipinski definition) is 0. The predicted molar refractivity (Wildman–Crippen MR) is 75.5 cm³/mol. The third-order valence-electron chi connectivity index (χ3n) is 3.77. The summed E-state index contributed by atoms with van der Waals surface area (Å²) in [5, 5.41) is 2.18. The first-order chi connectivity index (χ1) is 8.21. The van der Waals surface area contributed by atoms with Gasteiger partial charge in [0.25, 0.3) is 0 Å². The Morgan fingerprint density at radius 2 is 1.94 bits per heavy atom. The van der Waals surface area contributed by atoms with Gasteiger partial charge in [-0.3, -0.25) is 4.98 Å². The van der Waals surface area contributed by atoms with Crippen molar-refractivity contribution in [2.24, 2.45) is 0 Å². The minimum Gasteiger partial charge on any atom is -0.255 e. The smallest absolute Gasteiger partial charge is 0.0804 e. The third kappa shape index (κ3) is 2.27. The average Bonchev–Trinajstić information content (AvgIpc) is 2.88.